The quantitative estimate of drug-likeness (QED) is 0.171. The fraction of sp³-hybridized carbons (Fsp3) is 0.345. The molecule has 5 rings (SSSR count). The van der Waals surface area contributed by atoms with Crippen LogP contribution in [0.4, 0.5) is 11.4 Å². The Hall–Kier alpha value is -4.00. The summed E-state index contributed by atoms with van der Waals surface area (Å²) < 4.78 is 1.84. The molecule has 10 heteroatoms. The van der Waals surface area contributed by atoms with Crippen molar-refractivity contribution in [2.45, 2.75) is 45.7 Å². The molecular formula is C29H34ClN9. The third-order valence-electron chi connectivity index (χ3n) is 6.89. The van der Waals surface area contributed by atoms with Crippen molar-refractivity contribution in [2.24, 2.45) is 24.0 Å². The van der Waals surface area contributed by atoms with Crippen LogP contribution >= 0.6 is 11.6 Å². The zero-order valence-electron chi connectivity index (χ0n) is 22.7. The van der Waals surface area contributed by atoms with Crippen LogP contribution in [0.2, 0.25) is 5.02 Å². The Morgan fingerprint density at radius 2 is 2.05 bits per heavy atom. The van der Waals surface area contributed by atoms with Gasteiger partial charge in [0.2, 0.25) is 0 Å². The maximum Gasteiger partial charge on any atom is 0.103 e. The Balaban J connectivity index is 1.62. The maximum atomic E-state index is 9.82. The average Bonchev–Trinajstić information content (AvgIpc) is 3.68. The molecule has 1 aliphatic rings. The van der Waals surface area contributed by atoms with Crippen LogP contribution in [0.15, 0.2) is 54.6 Å². The summed E-state index contributed by atoms with van der Waals surface area (Å²) in [6, 6.07) is 12.0. The van der Waals surface area contributed by atoms with Gasteiger partial charge in [0.1, 0.15) is 6.07 Å². The molecule has 4 aromatic rings. The molecule has 9 nitrogen and oxygen atoms in total. The van der Waals surface area contributed by atoms with E-state index in [1.54, 1.807) is 17.4 Å². The zero-order chi connectivity index (χ0) is 27.9. The van der Waals surface area contributed by atoms with Crippen LogP contribution in [0.25, 0.3) is 21.8 Å². The molecule has 2 aromatic heterocycles. The van der Waals surface area contributed by atoms with Gasteiger partial charge in [0.05, 0.1) is 45.2 Å². The highest BCUT2D eigenvalue weighted by atomic mass is 35.5. The second kappa shape index (κ2) is 10.3. The highest BCUT2D eigenvalue weighted by Gasteiger charge is 2.27. The fourth-order valence-electron chi connectivity index (χ4n) is 4.66. The highest BCUT2D eigenvalue weighted by molar-refractivity contribution is 6.35. The topological polar surface area (TPSA) is 134 Å². The van der Waals surface area contributed by atoms with Gasteiger partial charge in [-0.1, -0.05) is 44.5 Å². The Kier molecular flexibility index (Phi) is 7.02. The molecule has 1 saturated carbocycles. The van der Waals surface area contributed by atoms with Crippen molar-refractivity contribution in [1.82, 2.24) is 19.8 Å². The first-order valence-electron chi connectivity index (χ1n) is 13.0. The largest absolute Gasteiger partial charge is 0.399 e. The monoisotopic (exact) mass is 543 g/mol. The first-order chi connectivity index (χ1) is 18.6. The van der Waals surface area contributed by atoms with Crippen molar-refractivity contribution in [3.8, 4) is 6.07 Å². The number of halogens is 1. The molecule has 0 radical (unpaired) electrons. The first-order valence-corrected chi connectivity index (χ1v) is 13.4. The summed E-state index contributed by atoms with van der Waals surface area (Å²) in [5.41, 5.74) is 11.8. The molecule has 1 aliphatic carbocycles. The number of rotatable bonds is 8. The summed E-state index contributed by atoms with van der Waals surface area (Å²) in [5.74, 6) is 6.29. The predicted molar refractivity (Wildman–Crippen MR) is 158 cm³/mol. The van der Waals surface area contributed by atoms with E-state index in [0.717, 1.165) is 40.4 Å². The molecule has 1 fully saturated rings. The molecule has 0 saturated heterocycles. The van der Waals surface area contributed by atoms with E-state index in [1.165, 1.54) is 0 Å². The van der Waals surface area contributed by atoms with Crippen LogP contribution < -0.4 is 22.2 Å². The van der Waals surface area contributed by atoms with Gasteiger partial charge < -0.3 is 21.4 Å². The lowest BCUT2D eigenvalue weighted by atomic mass is 9.96. The number of nitrogens with two attached hydrogens (primary N) is 2. The number of benzene rings is 2. The number of aryl methyl sites for hydroxylation is 1. The van der Waals surface area contributed by atoms with Crippen LogP contribution in [-0.2, 0) is 7.05 Å². The van der Waals surface area contributed by atoms with E-state index in [2.05, 4.69) is 47.6 Å². The van der Waals surface area contributed by atoms with Crippen molar-refractivity contribution < 1.29 is 0 Å². The summed E-state index contributed by atoms with van der Waals surface area (Å²) in [6.07, 6.45) is 7.31. The molecule has 1 atom stereocenters. The van der Waals surface area contributed by atoms with E-state index in [9.17, 15) is 5.26 Å². The standard InChI is InChI=1S/C29H34ClN9/c1-29(2,3)16-35-26-17(12-31)13-34-27-21(26)10-18(11-23(27)30)37-28(24(32)15-39(33)19-8-9-19)20-6-5-7-25-22(20)14-36-38(25)4/h5-7,10-11,13-15,19,28,37H,8-9,16,32-33H2,1-4H3,(H,34,35)/b24-15-/t28-/m0/s1. The number of hydrogen-bond acceptors (Lipinski definition) is 8. The highest BCUT2D eigenvalue weighted by Crippen LogP contribution is 2.37. The van der Waals surface area contributed by atoms with Gasteiger partial charge in [0.15, 0.2) is 0 Å². The van der Waals surface area contributed by atoms with E-state index >= 15 is 0 Å². The Labute approximate surface area is 233 Å². The number of anilines is 2. The Bertz CT molecular complexity index is 1610. The molecule has 0 unspecified atom stereocenters. The zero-order valence-corrected chi connectivity index (χ0v) is 23.4. The molecule has 0 aliphatic heterocycles. The van der Waals surface area contributed by atoms with E-state index in [-0.39, 0.29) is 5.41 Å². The van der Waals surface area contributed by atoms with Gasteiger partial charge in [-0.15, -0.1) is 0 Å². The first kappa shape index (κ1) is 26.6. The van der Waals surface area contributed by atoms with E-state index < -0.39 is 6.04 Å². The summed E-state index contributed by atoms with van der Waals surface area (Å²) in [5, 5.41) is 25.2. The van der Waals surface area contributed by atoms with Crippen molar-refractivity contribution in [3.05, 3.63) is 70.8 Å². The number of nitrogens with one attached hydrogen (secondary N) is 2. The molecule has 2 heterocycles. The Morgan fingerprint density at radius 1 is 1.28 bits per heavy atom. The smallest absolute Gasteiger partial charge is 0.103 e. The van der Waals surface area contributed by atoms with Crippen molar-refractivity contribution in [2.75, 3.05) is 17.2 Å². The second-order valence-corrected chi connectivity index (χ2v) is 11.8. The average molecular weight is 544 g/mol. The number of nitrogens with zero attached hydrogens (tertiary/aromatic N) is 5. The van der Waals surface area contributed by atoms with Gasteiger partial charge in [0, 0.05) is 48.5 Å². The molecular weight excluding hydrogens is 510 g/mol. The number of hydrazine groups is 1. The third kappa shape index (κ3) is 5.58. The predicted octanol–water partition coefficient (Wildman–Crippen LogP) is 5.40. The van der Waals surface area contributed by atoms with Crippen molar-refractivity contribution >= 4 is 44.8 Å². The van der Waals surface area contributed by atoms with Gasteiger partial charge in [-0.05, 0) is 42.0 Å². The van der Waals surface area contributed by atoms with E-state index in [4.69, 9.17) is 23.2 Å². The minimum atomic E-state index is -0.422. The number of hydrogen-bond donors (Lipinski definition) is 4. The van der Waals surface area contributed by atoms with Gasteiger partial charge >= 0.3 is 0 Å². The fourth-order valence-corrected chi connectivity index (χ4v) is 4.92. The summed E-state index contributed by atoms with van der Waals surface area (Å²) in [7, 11) is 1.91. The number of nitriles is 1. The molecule has 39 heavy (non-hydrogen) atoms. The molecule has 6 N–H and O–H groups in total. The van der Waals surface area contributed by atoms with Gasteiger partial charge in [-0.3, -0.25) is 9.67 Å². The summed E-state index contributed by atoms with van der Waals surface area (Å²) in [4.78, 5) is 4.49. The SMILES string of the molecule is Cn1ncc2c([C@H](Nc3cc(Cl)c4ncc(C#N)c(NCC(C)(C)C)c4c3)/C(N)=C/N(N)C3CC3)cccc21. The number of fused-ring (bicyclic) bond motifs is 2. The number of aromatic nitrogens is 3. The molecule has 202 valence electrons. The minimum absolute atomic E-state index is 0.00434. The van der Waals surface area contributed by atoms with Crippen LogP contribution in [0.1, 0.15) is 50.8 Å². The molecule has 0 amide bonds. The Morgan fingerprint density at radius 3 is 2.74 bits per heavy atom. The lowest BCUT2D eigenvalue weighted by Gasteiger charge is -2.25. The maximum absolute atomic E-state index is 9.82. The molecule has 0 bridgehead atoms. The van der Waals surface area contributed by atoms with E-state index in [0.29, 0.717) is 40.1 Å². The van der Waals surface area contributed by atoms with Crippen LogP contribution in [0, 0.1) is 16.7 Å². The lowest BCUT2D eigenvalue weighted by molar-refractivity contribution is 0.378. The number of pyridine rings is 1. The van der Waals surface area contributed by atoms with Gasteiger partial charge in [0.25, 0.3) is 0 Å². The summed E-state index contributed by atoms with van der Waals surface area (Å²) in [6.45, 7) is 7.08. The normalized spacial score (nSPS) is 14.8. The van der Waals surface area contributed by atoms with Crippen molar-refractivity contribution in [1.29, 1.82) is 5.26 Å². The van der Waals surface area contributed by atoms with Gasteiger partial charge in [-0.25, -0.2) is 5.84 Å². The van der Waals surface area contributed by atoms with Gasteiger partial charge in [-0.2, -0.15) is 10.4 Å². The van der Waals surface area contributed by atoms with Crippen molar-refractivity contribution in [3.63, 3.8) is 0 Å². The third-order valence-corrected chi connectivity index (χ3v) is 7.18. The molecule has 0 spiro atoms. The van der Waals surface area contributed by atoms with Crippen LogP contribution in [0.3, 0.4) is 0 Å². The van der Waals surface area contributed by atoms with E-state index in [1.807, 2.05) is 48.3 Å². The van der Waals surface area contributed by atoms with Crippen LogP contribution in [-0.4, -0.2) is 32.4 Å². The second-order valence-electron chi connectivity index (χ2n) is 11.4. The van der Waals surface area contributed by atoms with Crippen LogP contribution in [0.5, 0.6) is 0 Å². The molecule has 2 aromatic carbocycles. The minimum Gasteiger partial charge on any atom is -0.399 e. The summed E-state index contributed by atoms with van der Waals surface area (Å²) >= 11 is 6.76. The lowest BCUT2D eigenvalue weighted by Crippen LogP contribution is -2.30.